The minimum absolute atomic E-state index is 0.00480. The maximum atomic E-state index is 12.3. The van der Waals surface area contributed by atoms with Crippen LogP contribution in [0.2, 0.25) is 0 Å². The number of sulfonamides is 2. The van der Waals surface area contributed by atoms with E-state index in [1.54, 1.807) is 12.1 Å². The normalized spacial score (nSPS) is 12.5. The van der Waals surface area contributed by atoms with E-state index in [9.17, 15) is 16.8 Å². The van der Waals surface area contributed by atoms with Crippen LogP contribution in [0.4, 0.5) is 0 Å². The van der Waals surface area contributed by atoms with E-state index >= 15 is 0 Å². The number of rotatable bonds is 8. The first kappa shape index (κ1) is 20.6. The lowest BCUT2D eigenvalue weighted by molar-refractivity contribution is 0.411. The summed E-state index contributed by atoms with van der Waals surface area (Å²) in [6.45, 7) is 4.04. The summed E-state index contributed by atoms with van der Waals surface area (Å²) in [5.74, 6) is 0. The molecule has 0 aliphatic carbocycles. The Morgan fingerprint density at radius 2 is 1.54 bits per heavy atom. The van der Waals surface area contributed by atoms with Gasteiger partial charge in [-0.05, 0) is 37.1 Å². The summed E-state index contributed by atoms with van der Waals surface area (Å²) in [6.07, 6.45) is 1.12. The number of nitrogens with zero attached hydrogens (tertiary/aromatic N) is 1. The van der Waals surface area contributed by atoms with Crippen molar-refractivity contribution in [2.24, 2.45) is 0 Å². The van der Waals surface area contributed by atoms with E-state index in [2.05, 4.69) is 4.72 Å². The summed E-state index contributed by atoms with van der Waals surface area (Å²) in [4.78, 5) is 0.160. The molecular formula is C18H24N2O4S2. The van der Waals surface area contributed by atoms with E-state index < -0.39 is 20.0 Å². The van der Waals surface area contributed by atoms with Gasteiger partial charge in [0.1, 0.15) is 0 Å². The van der Waals surface area contributed by atoms with Crippen LogP contribution in [0.15, 0.2) is 53.4 Å². The van der Waals surface area contributed by atoms with Crippen LogP contribution in [0.3, 0.4) is 0 Å². The summed E-state index contributed by atoms with van der Waals surface area (Å²) < 4.78 is 52.5. The van der Waals surface area contributed by atoms with Crippen molar-refractivity contribution >= 4 is 20.0 Å². The second kappa shape index (κ2) is 8.30. The van der Waals surface area contributed by atoms with Crippen LogP contribution in [-0.4, -0.2) is 40.5 Å². The van der Waals surface area contributed by atoms with Gasteiger partial charge in [0.05, 0.1) is 11.2 Å². The van der Waals surface area contributed by atoms with Crippen molar-refractivity contribution in [1.29, 1.82) is 0 Å². The van der Waals surface area contributed by atoms with Gasteiger partial charge in [-0.2, -0.15) is 4.31 Å². The molecule has 0 bridgehead atoms. The first-order valence-electron chi connectivity index (χ1n) is 8.15. The molecule has 142 valence electrons. The zero-order chi connectivity index (χ0) is 19.4. The minimum atomic E-state index is -3.67. The average molecular weight is 397 g/mol. The summed E-state index contributed by atoms with van der Waals surface area (Å²) in [6, 6.07) is 14.0. The molecule has 0 atom stereocenters. The predicted octanol–water partition coefficient (Wildman–Crippen LogP) is 2.04. The first-order chi connectivity index (χ1) is 12.1. The molecule has 0 fully saturated rings. The van der Waals surface area contributed by atoms with Crippen LogP contribution in [0.5, 0.6) is 0 Å². The minimum Gasteiger partial charge on any atom is -0.212 e. The Morgan fingerprint density at radius 1 is 0.923 bits per heavy atom. The van der Waals surface area contributed by atoms with E-state index in [-0.39, 0.29) is 24.5 Å². The zero-order valence-corrected chi connectivity index (χ0v) is 16.8. The molecule has 0 amide bonds. The molecule has 0 aliphatic rings. The first-order valence-corrected chi connectivity index (χ1v) is 11.5. The Balaban J connectivity index is 2.06. The molecule has 2 aromatic rings. The van der Waals surface area contributed by atoms with E-state index in [1.807, 2.05) is 38.1 Å². The van der Waals surface area contributed by atoms with Gasteiger partial charge >= 0.3 is 0 Å². The van der Waals surface area contributed by atoms with Crippen molar-refractivity contribution in [2.75, 3.05) is 19.3 Å². The largest absolute Gasteiger partial charge is 0.240 e. The van der Waals surface area contributed by atoms with Gasteiger partial charge in [-0.25, -0.2) is 21.6 Å². The van der Waals surface area contributed by atoms with E-state index in [4.69, 9.17) is 0 Å². The highest BCUT2D eigenvalue weighted by Gasteiger charge is 2.19. The molecular weight excluding hydrogens is 372 g/mol. The van der Waals surface area contributed by atoms with Crippen molar-refractivity contribution in [2.45, 2.75) is 25.3 Å². The summed E-state index contributed by atoms with van der Waals surface area (Å²) in [5.41, 5.74) is 2.84. The predicted molar refractivity (Wildman–Crippen MR) is 103 cm³/mol. The Kier molecular flexibility index (Phi) is 6.57. The maximum absolute atomic E-state index is 12.3. The molecule has 0 radical (unpaired) electrons. The Hall–Kier alpha value is -1.74. The molecule has 8 heteroatoms. The van der Waals surface area contributed by atoms with Gasteiger partial charge in [0.2, 0.25) is 20.0 Å². The highest BCUT2D eigenvalue weighted by atomic mass is 32.2. The second-order valence-electron chi connectivity index (χ2n) is 6.23. The third-order valence-corrected chi connectivity index (χ3v) is 6.79. The highest BCUT2D eigenvalue weighted by Crippen LogP contribution is 2.13. The van der Waals surface area contributed by atoms with Crippen molar-refractivity contribution in [3.63, 3.8) is 0 Å². The van der Waals surface area contributed by atoms with Gasteiger partial charge in [0, 0.05) is 19.6 Å². The van der Waals surface area contributed by atoms with Gasteiger partial charge in [-0.3, -0.25) is 0 Å². The Bertz CT molecular complexity index is 953. The molecule has 0 heterocycles. The lowest BCUT2D eigenvalue weighted by atomic mass is 10.1. The van der Waals surface area contributed by atoms with Crippen LogP contribution in [0, 0.1) is 13.8 Å². The summed E-state index contributed by atoms with van der Waals surface area (Å²) in [5, 5.41) is 0. The molecule has 6 nitrogen and oxygen atoms in total. The fourth-order valence-electron chi connectivity index (χ4n) is 2.45. The fourth-order valence-corrected chi connectivity index (χ4v) is 4.26. The standard InChI is InChI=1S/C18H24N2O4S2/c1-15-8-10-18(11-9-15)26(23,24)19-12-13-20(25(3,21)22)14-17-7-5-4-6-16(17)2/h4-11,19H,12-14H2,1-3H3. The monoisotopic (exact) mass is 396 g/mol. The van der Waals surface area contributed by atoms with E-state index in [1.165, 1.54) is 16.4 Å². The van der Waals surface area contributed by atoms with Gasteiger partial charge in [-0.1, -0.05) is 42.0 Å². The zero-order valence-electron chi connectivity index (χ0n) is 15.1. The molecule has 0 aliphatic heterocycles. The molecule has 0 saturated carbocycles. The number of nitrogens with one attached hydrogen (secondary N) is 1. The van der Waals surface area contributed by atoms with Crippen molar-refractivity contribution in [1.82, 2.24) is 9.03 Å². The van der Waals surface area contributed by atoms with Gasteiger partial charge < -0.3 is 0 Å². The molecule has 2 rings (SSSR count). The van der Waals surface area contributed by atoms with Crippen LogP contribution in [0.25, 0.3) is 0 Å². The third kappa shape index (κ3) is 5.63. The molecule has 0 spiro atoms. The van der Waals surface area contributed by atoms with Gasteiger partial charge in [0.25, 0.3) is 0 Å². The Labute approximate surface area is 156 Å². The molecule has 26 heavy (non-hydrogen) atoms. The average Bonchev–Trinajstić information content (AvgIpc) is 2.55. The number of benzene rings is 2. The molecule has 1 N–H and O–H groups in total. The van der Waals surface area contributed by atoms with Crippen LogP contribution in [-0.2, 0) is 26.6 Å². The van der Waals surface area contributed by atoms with Gasteiger partial charge in [-0.15, -0.1) is 0 Å². The molecule has 0 unspecified atom stereocenters. The van der Waals surface area contributed by atoms with Crippen LogP contribution >= 0.6 is 0 Å². The fraction of sp³-hybridized carbons (Fsp3) is 0.333. The van der Waals surface area contributed by atoms with Crippen molar-refractivity contribution in [3.05, 3.63) is 65.2 Å². The second-order valence-corrected chi connectivity index (χ2v) is 9.98. The van der Waals surface area contributed by atoms with Crippen LogP contribution in [0.1, 0.15) is 16.7 Å². The quantitative estimate of drug-likeness (QED) is 0.740. The Morgan fingerprint density at radius 3 is 2.12 bits per heavy atom. The third-order valence-electron chi connectivity index (χ3n) is 4.06. The molecule has 0 aromatic heterocycles. The lowest BCUT2D eigenvalue weighted by Crippen LogP contribution is -2.37. The molecule has 0 saturated heterocycles. The number of hydrogen-bond acceptors (Lipinski definition) is 4. The SMILES string of the molecule is Cc1ccc(S(=O)(=O)NCCN(Cc2ccccc2C)S(C)(=O)=O)cc1. The molecule has 2 aromatic carbocycles. The van der Waals surface area contributed by atoms with E-state index in [0.717, 1.165) is 22.9 Å². The van der Waals surface area contributed by atoms with Gasteiger partial charge in [0.15, 0.2) is 0 Å². The summed E-state index contributed by atoms with van der Waals surface area (Å²) in [7, 11) is -7.14. The number of aryl methyl sites for hydroxylation is 2. The topological polar surface area (TPSA) is 83.6 Å². The number of hydrogen-bond donors (Lipinski definition) is 1. The summed E-state index contributed by atoms with van der Waals surface area (Å²) >= 11 is 0. The lowest BCUT2D eigenvalue weighted by Gasteiger charge is -2.21. The van der Waals surface area contributed by atoms with Crippen molar-refractivity contribution < 1.29 is 16.8 Å². The smallest absolute Gasteiger partial charge is 0.212 e. The highest BCUT2D eigenvalue weighted by molar-refractivity contribution is 7.89. The van der Waals surface area contributed by atoms with Crippen LogP contribution < -0.4 is 4.72 Å². The van der Waals surface area contributed by atoms with E-state index in [0.29, 0.717) is 0 Å². The van der Waals surface area contributed by atoms with Crippen molar-refractivity contribution in [3.8, 4) is 0 Å². The maximum Gasteiger partial charge on any atom is 0.240 e.